The molecule has 7 nitrogen and oxygen atoms in total. The number of hydrogen-bond donors (Lipinski definition) is 1. The Hall–Kier alpha value is -1.95. The fraction of sp³-hybridized carbons (Fsp3) is 0.333. The van der Waals surface area contributed by atoms with Crippen molar-refractivity contribution in [2.45, 2.75) is 0 Å². The van der Waals surface area contributed by atoms with Gasteiger partial charge < -0.3 is 4.90 Å². The Labute approximate surface area is 117 Å². The maximum absolute atomic E-state index is 12.2. The molecule has 1 aromatic rings. The van der Waals surface area contributed by atoms with Gasteiger partial charge in [-0.1, -0.05) is 0 Å². The summed E-state index contributed by atoms with van der Waals surface area (Å²) in [5, 5.41) is 13.7. The van der Waals surface area contributed by atoms with Gasteiger partial charge in [0.2, 0.25) is 0 Å². The van der Waals surface area contributed by atoms with Gasteiger partial charge in [-0.05, 0) is 24.3 Å². The quantitative estimate of drug-likeness (QED) is 0.794. The van der Waals surface area contributed by atoms with Gasteiger partial charge >= 0.3 is 0 Å². The molecule has 1 aliphatic heterocycles. The van der Waals surface area contributed by atoms with Crippen LogP contribution in [0.15, 0.2) is 24.3 Å². The van der Waals surface area contributed by atoms with Gasteiger partial charge in [-0.15, -0.1) is 0 Å². The van der Waals surface area contributed by atoms with Gasteiger partial charge in [0.05, 0.1) is 11.6 Å². The lowest BCUT2D eigenvalue weighted by atomic mass is 10.1. The van der Waals surface area contributed by atoms with E-state index in [1.165, 1.54) is 0 Å². The second-order valence-electron chi connectivity index (χ2n) is 4.43. The number of carbonyl (C=O) groups is 1. The molecule has 8 heteroatoms. The highest BCUT2D eigenvalue weighted by Crippen LogP contribution is 2.11. The zero-order chi connectivity index (χ0) is 14.8. The molecule has 2 rings (SSSR count). The lowest BCUT2D eigenvalue weighted by molar-refractivity contribution is 0.0698. The van der Waals surface area contributed by atoms with E-state index in [9.17, 15) is 13.2 Å². The highest BCUT2D eigenvalue weighted by molar-refractivity contribution is 7.86. The van der Waals surface area contributed by atoms with Crippen molar-refractivity contribution >= 4 is 16.1 Å². The third-order valence-corrected chi connectivity index (χ3v) is 4.23. The van der Waals surface area contributed by atoms with Crippen molar-refractivity contribution < 1.29 is 13.2 Å². The molecule has 0 aliphatic carbocycles. The molecule has 0 spiro atoms. The first-order chi connectivity index (χ1) is 9.41. The lowest BCUT2D eigenvalue weighted by Crippen LogP contribution is -2.52. The highest BCUT2D eigenvalue weighted by Gasteiger charge is 2.26. The third kappa shape index (κ3) is 3.14. The fourth-order valence-corrected chi connectivity index (χ4v) is 2.69. The molecule has 1 heterocycles. The summed E-state index contributed by atoms with van der Waals surface area (Å²) in [6.07, 6.45) is 0. The van der Waals surface area contributed by atoms with Crippen LogP contribution in [0.4, 0.5) is 0 Å². The molecule has 1 fully saturated rings. The van der Waals surface area contributed by atoms with Crippen molar-refractivity contribution in [3.63, 3.8) is 0 Å². The second-order valence-corrected chi connectivity index (χ2v) is 5.97. The Bertz CT molecular complexity index is 640. The number of carbonyl (C=O) groups excluding carboxylic acids is 1. The molecule has 106 valence electrons. The van der Waals surface area contributed by atoms with Gasteiger partial charge in [0.1, 0.15) is 0 Å². The molecule has 0 aromatic heterocycles. The molecule has 1 saturated heterocycles. The average molecular weight is 294 g/mol. The molecule has 0 unspecified atom stereocenters. The number of rotatable bonds is 2. The van der Waals surface area contributed by atoms with Crippen LogP contribution in [0.5, 0.6) is 0 Å². The second kappa shape index (κ2) is 5.58. The first kappa shape index (κ1) is 14.5. The molecular weight excluding hydrogens is 280 g/mol. The topological polar surface area (TPSA) is 108 Å². The predicted molar refractivity (Wildman–Crippen MR) is 71.7 cm³/mol. The molecule has 1 aliphatic rings. The van der Waals surface area contributed by atoms with Crippen LogP contribution in [0.25, 0.3) is 0 Å². The zero-order valence-corrected chi connectivity index (χ0v) is 11.5. The smallest absolute Gasteiger partial charge is 0.277 e. The number of nitrogens with zero attached hydrogens (tertiary/aromatic N) is 3. The Morgan fingerprint density at radius 1 is 1.15 bits per heavy atom. The minimum Gasteiger partial charge on any atom is -0.336 e. The van der Waals surface area contributed by atoms with Crippen molar-refractivity contribution in [3.05, 3.63) is 35.4 Å². The molecular formula is C12H14N4O3S. The molecule has 20 heavy (non-hydrogen) atoms. The van der Waals surface area contributed by atoms with Crippen LogP contribution in [0.2, 0.25) is 0 Å². The van der Waals surface area contributed by atoms with Crippen LogP contribution in [0.3, 0.4) is 0 Å². The number of benzene rings is 1. The Balaban J connectivity index is 2.03. The largest absolute Gasteiger partial charge is 0.336 e. The van der Waals surface area contributed by atoms with Crippen LogP contribution < -0.4 is 5.14 Å². The number of nitrogens with two attached hydrogens (primary N) is 1. The van der Waals surface area contributed by atoms with Crippen LogP contribution in [-0.4, -0.2) is 49.7 Å². The van der Waals surface area contributed by atoms with E-state index in [1.807, 2.05) is 6.07 Å². The minimum absolute atomic E-state index is 0.177. The maximum Gasteiger partial charge on any atom is 0.277 e. The molecule has 0 radical (unpaired) electrons. The normalized spacial score (nSPS) is 16.7. The van der Waals surface area contributed by atoms with Crippen LogP contribution in [0.1, 0.15) is 15.9 Å². The van der Waals surface area contributed by atoms with Crippen molar-refractivity contribution in [2.24, 2.45) is 5.14 Å². The summed E-state index contributed by atoms with van der Waals surface area (Å²) >= 11 is 0. The van der Waals surface area contributed by atoms with Crippen LogP contribution in [0, 0.1) is 11.3 Å². The van der Waals surface area contributed by atoms with Crippen molar-refractivity contribution in [3.8, 4) is 6.07 Å². The van der Waals surface area contributed by atoms with Crippen LogP contribution >= 0.6 is 0 Å². The number of amides is 1. The number of piperazine rings is 1. The Morgan fingerprint density at radius 2 is 1.70 bits per heavy atom. The Morgan fingerprint density at radius 3 is 2.15 bits per heavy atom. The van der Waals surface area contributed by atoms with Crippen LogP contribution in [-0.2, 0) is 10.2 Å². The zero-order valence-electron chi connectivity index (χ0n) is 10.7. The summed E-state index contributed by atoms with van der Waals surface area (Å²) in [5.41, 5.74) is 0.966. The Kier molecular flexibility index (Phi) is 4.04. The van der Waals surface area contributed by atoms with Crippen molar-refractivity contribution in [1.29, 1.82) is 5.26 Å². The van der Waals surface area contributed by atoms with Gasteiger partial charge in [0.25, 0.3) is 16.1 Å². The maximum atomic E-state index is 12.2. The molecule has 2 N–H and O–H groups in total. The monoisotopic (exact) mass is 294 g/mol. The van der Waals surface area contributed by atoms with E-state index in [-0.39, 0.29) is 19.0 Å². The third-order valence-electron chi connectivity index (χ3n) is 3.15. The molecule has 0 saturated carbocycles. The molecule has 0 bridgehead atoms. The van der Waals surface area contributed by atoms with Gasteiger partial charge in [0, 0.05) is 31.7 Å². The fourth-order valence-electron chi connectivity index (χ4n) is 2.02. The van der Waals surface area contributed by atoms with E-state index in [0.29, 0.717) is 24.2 Å². The van der Waals surface area contributed by atoms with E-state index >= 15 is 0 Å². The van der Waals surface area contributed by atoms with Crippen molar-refractivity contribution in [2.75, 3.05) is 26.2 Å². The number of nitriles is 1. The van der Waals surface area contributed by atoms with Gasteiger partial charge in [-0.3, -0.25) is 4.79 Å². The van der Waals surface area contributed by atoms with Gasteiger partial charge in [-0.25, -0.2) is 5.14 Å². The summed E-state index contributed by atoms with van der Waals surface area (Å²) in [7, 11) is -3.69. The SMILES string of the molecule is N#Cc1ccc(C(=O)N2CCN(S(N)(=O)=O)CC2)cc1. The van der Waals surface area contributed by atoms with E-state index < -0.39 is 10.2 Å². The van der Waals surface area contributed by atoms with Gasteiger partial charge in [-0.2, -0.15) is 18.0 Å². The van der Waals surface area contributed by atoms with E-state index in [2.05, 4.69) is 0 Å². The van der Waals surface area contributed by atoms with E-state index in [1.54, 1.807) is 29.2 Å². The first-order valence-electron chi connectivity index (χ1n) is 5.99. The standard InChI is InChI=1S/C12H14N4O3S/c13-9-10-1-3-11(4-2-10)12(17)15-5-7-16(8-6-15)20(14,18)19/h1-4H,5-8H2,(H2,14,18,19). The summed E-state index contributed by atoms with van der Waals surface area (Å²) in [5.74, 6) is -0.177. The average Bonchev–Trinajstić information content (AvgIpc) is 2.46. The minimum atomic E-state index is -3.69. The summed E-state index contributed by atoms with van der Waals surface area (Å²) < 4.78 is 23.5. The highest BCUT2D eigenvalue weighted by atomic mass is 32.2. The number of hydrogen-bond acceptors (Lipinski definition) is 4. The van der Waals surface area contributed by atoms with E-state index in [0.717, 1.165) is 4.31 Å². The van der Waals surface area contributed by atoms with Gasteiger partial charge in [0.15, 0.2) is 0 Å². The lowest BCUT2D eigenvalue weighted by Gasteiger charge is -2.32. The predicted octanol–water partition coefficient (Wildman–Crippen LogP) is -0.480. The summed E-state index contributed by atoms with van der Waals surface area (Å²) in [4.78, 5) is 13.8. The molecule has 1 aromatic carbocycles. The molecule has 1 amide bonds. The first-order valence-corrected chi connectivity index (χ1v) is 7.49. The summed E-state index contributed by atoms with van der Waals surface area (Å²) in [6.45, 7) is 0.992. The van der Waals surface area contributed by atoms with Crippen molar-refractivity contribution in [1.82, 2.24) is 9.21 Å². The summed E-state index contributed by atoms with van der Waals surface area (Å²) in [6, 6.07) is 8.32. The molecule has 0 atom stereocenters. The van der Waals surface area contributed by atoms with E-state index in [4.69, 9.17) is 10.4 Å².